The van der Waals surface area contributed by atoms with Crippen LogP contribution in [-0.4, -0.2) is 62.3 Å². The lowest BCUT2D eigenvalue weighted by molar-refractivity contribution is 0.0600. The highest BCUT2D eigenvalue weighted by Gasteiger charge is 2.31. The number of fused-ring (bicyclic) bond motifs is 1. The van der Waals surface area contributed by atoms with Gasteiger partial charge in [0.05, 0.1) is 17.6 Å². The molecule has 0 bridgehead atoms. The summed E-state index contributed by atoms with van der Waals surface area (Å²) in [5, 5.41) is 3.34. The number of anilines is 1. The molecule has 1 amide bonds. The lowest BCUT2D eigenvalue weighted by Crippen LogP contribution is -2.39. The molecule has 10 heteroatoms. The van der Waals surface area contributed by atoms with Gasteiger partial charge in [0.25, 0.3) is 5.91 Å². The van der Waals surface area contributed by atoms with Gasteiger partial charge in [-0.1, -0.05) is 6.92 Å². The minimum absolute atomic E-state index is 0.179. The third-order valence-corrected chi connectivity index (χ3v) is 9.82. The zero-order chi connectivity index (χ0) is 25.3. The van der Waals surface area contributed by atoms with Gasteiger partial charge in [0.2, 0.25) is 10.0 Å². The van der Waals surface area contributed by atoms with E-state index in [4.69, 9.17) is 4.74 Å². The summed E-state index contributed by atoms with van der Waals surface area (Å²) in [6.07, 6.45) is 2.59. The summed E-state index contributed by atoms with van der Waals surface area (Å²) < 4.78 is 32.6. The quantitative estimate of drug-likeness (QED) is 0.580. The van der Waals surface area contributed by atoms with E-state index in [1.165, 1.54) is 47.0 Å². The van der Waals surface area contributed by atoms with Crippen LogP contribution in [0.3, 0.4) is 0 Å². The van der Waals surface area contributed by atoms with Crippen LogP contribution in [0.5, 0.6) is 0 Å². The first-order chi connectivity index (χ1) is 16.6. The minimum Gasteiger partial charge on any atom is -0.465 e. The van der Waals surface area contributed by atoms with Crippen LogP contribution in [0.25, 0.3) is 0 Å². The first-order valence-corrected chi connectivity index (χ1v) is 14.3. The highest BCUT2D eigenvalue weighted by atomic mass is 32.2. The van der Waals surface area contributed by atoms with Crippen molar-refractivity contribution in [3.8, 4) is 0 Å². The molecule has 3 heterocycles. The fourth-order valence-corrected chi connectivity index (χ4v) is 7.59. The summed E-state index contributed by atoms with van der Waals surface area (Å²) in [6, 6.07) is 6.37. The smallest absolute Gasteiger partial charge is 0.341 e. The van der Waals surface area contributed by atoms with Crippen molar-refractivity contribution in [2.24, 2.45) is 5.92 Å². The molecule has 4 rings (SSSR count). The zero-order valence-corrected chi connectivity index (χ0v) is 22.3. The van der Waals surface area contributed by atoms with Crippen molar-refractivity contribution in [3.63, 3.8) is 0 Å². The Balaban J connectivity index is 1.55. The van der Waals surface area contributed by atoms with Crippen LogP contribution < -0.4 is 5.32 Å². The molecule has 2 aliphatic rings. The first kappa shape index (κ1) is 25.8. The average molecular weight is 520 g/mol. The molecule has 1 fully saturated rings. The number of hydrogen-bond donors (Lipinski definition) is 1. The summed E-state index contributed by atoms with van der Waals surface area (Å²) in [5.74, 6) is -0.533. The molecule has 1 aromatic heterocycles. The van der Waals surface area contributed by atoms with Gasteiger partial charge in [-0.25, -0.2) is 13.2 Å². The standard InChI is InChI=1S/C25H33N3O5S2/c1-16(2)27-13-11-20-21(15-27)34-24(22(20)25(30)33-4)26-23(29)18-7-9-19(10-8-18)35(31,32)28-12-5-6-17(3)14-28/h7-10,16-17H,5-6,11-15H2,1-4H3,(H,26,29)/t17-/m0/s1. The van der Waals surface area contributed by atoms with Crippen LogP contribution in [0, 0.1) is 5.92 Å². The summed E-state index contributed by atoms with van der Waals surface area (Å²) in [5.41, 5.74) is 1.68. The Morgan fingerprint density at radius 3 is 2.51 bits per heavy atom. The first-order valence-electron chi connectivity index (χ1n) is 12.0. The normalized spacial score (nSPS) is 19.4. The SMILES string of the molecule is COC(=O)c1c(NC(=O)c2ccc(S(=O)(=O)N3CCC[C@H](C)C3)cc2)sc2c1CCN(C(C)C)C2. The molecule has 1 saturated heterocycles. The Labute approximate surface area is 211 Å². The topological polar surface area (TPSA) is 96.0 Å². The predicted octanol–water partition coefficient (Wildman–Crippen LogP) is 3.97. The Bertz CT molecular complexity index is 1200. The third-order valence-electron chi connectivity index (χ3n) is 6.81. The van der Waals surface area contributed by atoms with Gasteiger partial charge in [0.1, 0.15) is 5.00 Å². The third kappa shape index (κ3) is 5.30. The average Bonchev–Trinajstić information content (AvgIpc) is 3.20. The van der Waals surface area contributed by atoms with E-state index in [1.54, 1.807) is 0 Å². The maximum atomic E-state index is 13.0. The molecular weight excluding hydrogens is 486 g/mol. The van der Waals surface area contributed by atoms with Gasteiger partial charge in [-0.2, -0.15) is 4.31 Å². The molecule has 0 unspecified atom stereocenters. The van der Waals surface area contributed by atoms with Crippen molar-refractivity contribution in [1.82, 2.24) is 9.21 Å². The van der Waals surface area contributed by atoms with E-state index in [2.05, 4.69) is 31.0 Å². The molecule has 1 atom stereocenters. The lowest BCUT2D eigenvalue weighted by atomic mass is 10.0. The summed E-state index contributed by atoms with van der Waals surface area (Å²) in [6.45, 7) is 8.92. The molecule has 35 heavy (non-hydrogen) atoms. The molecule has 190 valence electrons. The molecule has 0 aliphatic carbocycles. The number of nitrogens with zero attached hydrogens (tertiary/aromatic N) is 2. The van der Waals surface area contributed by atoms with Gasteiger partial charge in [-0.15, -0.1) is 11.3 Å². The molecule has 8 nitrogen and oxygen atoms in total. The van der Waals surface area contributed by atoms with E-state index in [1.807, 2.05) is 0 Å². The van der Waals surface area contributed by atoms with Gasteiger partial charge in [0, 0.05) is 42.7 Å². The van der Waals surface area contributed by atoms with Gasteiger partial charge in [0.15, 0.2) is 0 Å². The van der Waals surface area contributed by atoms with E-state index >= 15 is 0 Å². The Morgan fingerprint density at radius 1 is 1.17 bits per heavy atom. The summed E-state index contributed by atoms with van der Waals surface area (Å²) >= 11 is 1.40. The van der Waals surface area contributed by atoms with Crippen LogP contribution in [0.2, 0.25) is 0 Å². The number of carbonyl (C=O) groups is 2. The van der Waals surface area contributed by atoms with Gasteiger partial charge >= 0.3 is 5.97 Å². The number of carbonyl (C=O) groups excluding carboxylic acids is 2. The number of nitrogens with one attached hydrogen (secondary N) is 1. The fraction of sp³-hybridized carbons (Fsp3) is 0.520. The molecule has 0 radical (unpaired) electrons. The number of esters is 1. The van der Waals surface area contributed by atoms with Gasteiger partial charge in [-0.3, -0.25) is 9.69 Å². The van der Waals surface area contributed by atoms with Crippen molar-refractivity contribution in [2.45, 2.75) is 57.5 Å². The van der Waals surface area contributed by atoms with E-state index < -0.39 is 21.9 Å². The van der Waals surface area contributed by atoms with Crippen LogP contribution in [0.1, 0.15) is 64.8 Å². The van der Waals surface area contributed by atoms with Crippen LogP contribution in [0.15, 0.2) is 29.2 Å². The minimum atomic E-state index is -3.59. The fourth-order valence-electron chi connectivity index (χ4n) is 4.74. The maximum absolute atomic E-state index is 13.0. The predicted molar refractivity (Wildman–Crippen MR) is 136 cm³/mol. The van der Waals surface area contributed by atoms with E-state index in [0.717, 1.165) is 36.4 Å². The van der Waals surface area contributed by atoms with E-state index in [9.17, 15) is 18.0 Å². The second kappa shape index (κ2) is 10.4. The highest BCUT2D eigenvalue weighted by molar-refractivity contribution is 7.89. The molecule has 2 aliphatic heterocycles. The number of sulfonamides is 1. The van der Waals surface area contributed by atoms with Crippen LogP contribution >= 0.6 is 11.3 Å². The van der Waals surface area contributed by atoms with Crippen molar-refractivity contribution in [2.75, 3.05) is 32.1 Å². The highest BCUT2D eigenvalue weighted by Crippen LogP contribution is 2.38. The monoisotopic (exact) mass is 519 g/mol. The zero-order valence-electron chi connectivity index (χ0n) is 20.7. The van der Waals surface area contributed by atoms with Crippen molar-refractivity contribution < 1.29 is 22.7 Å². The molecule has 0 spiro atoms. The number of rotatable bonds is 6. The molecule has 2 aromatic rings. The summed E-state index contributed by atoms with van der Waals surface area (Å²) in [7, 11) is -2.26. The number of methoxy groups -OCH3 is 1. The largest absolute Gasteiger partial charge is 0.465 e. The number of thiophene rings is 1. The number of ether oxygens (including phenoxy) is 1. The molecule has 1 aromatic carbocycles. The molecule has 0 saturated carbocycles. The number of piperidine rings is 1. The van der Waals surface area contributed by atoms with Gasteiger partial charge < -0.3 is 10.1 Å². The second-order valence-corrected chi connectivity index (χ2v) is 12.6. The van der Waals surface area contributed by atoms with Crippen LogP contribution in [-0.2, 0) is 27.7 Å². The van der Waals surface area contributed by atoms with Crippen molar-refractivity contribution >= 4 is 38.2 Å². The lowest BCUT2D eigenvalue weighted by Gasteiger charge is -2.30. The molecular formula is C25H33N3O5S2. The van der Waals surface area contributed by atoms with Crippen molar-refractivity contribution in [1.29, 1.82) is 0 Å². The van der Waals surface area contributed by atoms with Crippen molar-refractivity contribution in [3.05, 3.63) is 45.8 Å². The van der Waals surface area contributed by atoms with Gasteiger partial charge in [-0.05, 0) is 68.9 Å². The second-order valence-electron chi connectivity index (χ2n) is 9.60. The number of hydrogen-bond acceptors (Lipinski definition) is 7. The number of benzene rings is 1. The Kier molecular flexibility index (Phi) is 7.65. The van der Waals surface area contributed by atoms with E-state index in [-0.39, 0.29) is 4.90 Å². The number of amides is 1. The summed E-state index contributed by atoms with van der Waals surface area (Å²) in [4.78, 5) is 29.2. The van der Waals surface area contributed by atoms with Crippen LogP contribution in [0.4, 0.5) is 5.00 Å². The molecule has 1 N–H and O–H groups in total. The maximum Gasteiger partial charge on any atom is 0.341 e. The van der Waals surface area contributed by atoms with E-state index in [0.29, 0.717) is 47.6 Å². The Hall–Kier alpha value is -2.27. The Morgan fingerprint density at radius 2 is 1.89 bits per heavy atom.